The molecule has 1 N–H and O–H groups in total. The van der Waals surface area contributed by atoms with Crippen molar-refractivity contribution < 1.29 is 22.7 Å². The second-order valence-corrected chi connectivity index (χ2v) is 11.0. The summed E-state index contributed by atoms with van der Waals surface area (Å²) < 4.78 is 33.7. The fourth-order valence-electron chi connectivity index (χ4n) is 4.07. The highest BCUT2D eigenvalue weighted by Gasteiger charge is 2.33. The smallest absolute Gasteiger partial charge is 0.264 e. The zero-order valence-electron chi connectivity index (χ0n) is 22.2. The molecule has 0 aliphatic carbocycles. The molecule has 0 saturated carbocycles. The molecule has 9 heteroatoms. The fraction of sp³-hybridized carbons (Fsp3) is 0.310. The summed E-state index contributed by atoms with van der Waals surface area (Å²) in [4.78, 5) is 28.6. The Hall–Kier alpha value is -3.85. The predicted octanol–water partition coefficient (Wildman–Crippen LogP) is 4.22. The van der Waals surface area contributed by atoms with E-state index in [2.05, 4.69) is 5.32 Å². The van der Waals surface area contributed by atoms with Crippen LogP contribution in [0.25, 0.3) is 0 Å². The number of hydrogen-bond acceptors (Lipinski definition) is 5. The van der Waals surface area contributed by atoms with Crippen LogP contribution in [0, 0.1) is 0 Å². The number of anilines is 1. The van der Waals surface area contributed by atoms with Crippen LogP contribution in [0.15, 0.2) is 89.8 Å². The van der Waals surface area contributed by atoms with Gasteiger partial charge in [-0.25, -0.2) is 8.42 Å². The largest absolute Gasteiger partial charge is 0.497 e. The first kappa shape index (κ1) is 28.7. The minimum Gasteiger partial charge on any atom is -0.497 e. The highest BCUT2D eigenvalue weighted by atomic mass is 32.2. The van der Waals surface area contributed by atoms with E-state index in [-0.39, 0.29) is 23.4 Å². The number of rotatable bonds is 12. The number of carbonyl (C=O) groups is 2. The van der Waals surface area contributed by atoms with Gasteiger partial charge in [0.25, 0.3) is 10.0 Å². The summed E-state index contributed by atoms with van der Waals surface area (Å²) in [6, 6.07) is 22.8. The van der Waals surface area contributed by atoms with E-state index in [1.165, 1.54) is 17.0 Å². The van der Waals surface area contributed by atoms with Crippen LogP contribution in [0.4, 0.5) is 5.69 Å². The maximum atomic E-state index is 13.9. The molecule has 0 aliphatic rings. The number of para-hydroxylation sites is 1. The molecule has 38 heavy (non-hydrogen) atoms. The van der Waals surface area contributed by atoms with Crippen LogP contribution >= 0.6 is 0 Å². The SMILES string of the molecule is CC[C@@H](C(=O)NC(C)C)N(Cc1ccc(OC)cc1)C(=O)CN(c1ccccc1)S(=O)(=O)c1ccccc1. The van der Waals surface area contributed by atoms with Crippen molar-refractivity contribution in [3.05, 3.63) is 90.5 Å². The van der Waals surface area contributed by atoms with Crippen molar-refractivity contribution in [3.8, 4) is 5.75 Å². The number of carbonyl (C=O) groups excluding carboxylic acids is 2. The Balaban J connectivity index is 2.02. The molecule has 0 bridgehead atoms. The third kappa shape index (κ3) is 7.13. The maximum absolute atomic E-state index is 13.9. The number of benzene rings is 3. The van der Waals surface area contributed by atoms with Crippen LogP contribution in [0.2, 0.25) is 0 Å². The Bertz CT molecular complexity index is 1300. The summed E-state index contributed by atoms with van der Waals surface area (Å²) in [5, 5.41) is 2.89. The molecule has 0 radical (unpaired) electrons. The average Bonchev–Trinajstić information content (AvgIpc) is 2.92. The molecular weight excluding hydrogens is 502 g/mol. The van der Waals surface area contributed by atoms with E-state index >= 15 is 0 Å². The lowest BCUT2D eigenvalue weighted by Crippen LogP contribution is -2.53. The first-order chi connectivity index (χ1) is 18.2. The third-order valence-corrected chi connectivity index (χ3v) is 7.77. The van der Waals surface area contributed by atoms with Gasteiger partial charge in [0.05, 0.1) is 17.7 Å². The number of ether oxygens (including phenoxy) is 1. The lowest BCUT2D eigenvalue weighted by molar-refractivity contribution is -0.140. The van der Waals surface area contributed by atoms with Crippen LogP contribution in [-0.4, -0.2) is 50.9 Å². The van der Waals surface area contributed by atoms with Gasteiger partial charge in [-0.15, -0.1) is 0 Å². The van der Waals surface area contributed by atoms with E-state index in [4.69, 9.17) is 4.74 Å². The monoisotopic (exact) mass is 537 g/mol. The van der Waals surface area contributed by atoms with Crippen molar-refractivity contribution in [3.63, 3.8) is 0 Å². The molecule has 1 atom stereocenters. The number of hydrogen-bond donors (Lipinski definition) is 1. The van der Waals surface area contributed by atoms with Gasteiger partial charge in [-0.1, -0.05) is 55.5 Å². The summed E-state index contributed by atoms with van der Waals surface area (Å²) in [5.74, 6) is -0.114. The van der Waals surface area contributed by atoms with E-state index in [0.717, 1.165) is 9.87 Å². The molecule has 0 heterocycles. The molecule has 8 nitrogen and oxygen atoms in total. The lowest BCUT2D eigenvalue weighted by Gasteiger charge is -2.33. The molecule has 202 valence electrons. The molecule has 0 spiro atoms. The van der Waals surface area contributed by atoms with Crippen molar-refractivity contribution in [2.75, 3.05) is 18.0 Å². The third-order valence-electron chi connectivity index (χ3n) is 5.98. The van der Waals surface area contributed by atoms with Gasteiger partial charge in [0.2, 0.25) is 11.8 Å². The first-order valence-electron chi connectivity index (χ1n) is 12.5. The molecule has 0 saturated heterocycles. The quantitative estimate of drug-likeness (QED) is 0.373. The van der Waals surface area contributed by atoms with Gasteiger partial charge in [-0.05, 0) is 62.2 Å². The minimum atomic E-state index is -4.07. The van der Waals surface area contributed by atoms with Gasteiger partial charge in [0.15, 0.2) is 0 Å². The standard InChI is InChI=1S/C29H35N3O5S/c1-5-27(29(34)30-22(2)3)31(20-23-16-18-25(37-4)19-17-23)28(33)21-32(24-12-8-6-9-13-24)38(35,36)26-14-10-7-11-15-26/h6-19,22,27H,5,20-21H2,1-4H3,(H,30,34)/t27-/m0/s1. The number of nitrogens with one attached hydrogen (secondary N) is 1. The zero-order valence-corrected chi connectivity index (χ0v) is 23.0. The van der Waals surface area contributed by atoms with Crippen molar-refractivity contribution in [2.24, 2.45) is 0 Å². The van der Waals surface area contributed by atoms with Crippen molar-refractivity contribution in [2.45, 2.75) is 50.7 Å². The molecule has 3 rings (SSSR count). The van der Waals surface area contributed by atoms with E-state index in [1.54, 1.807) is 67.8 Å². The topological polar surface area (TPSA) is 96.0 Å². The summed E-state index contributed by atoms with van der Waals surface area (Å²) in [7, 11) is -2.50. The average molecular weight is 538 g/mol. The number of methoxy groups -OCH3 is 1. The molecule has 0 aliphatic heterocycles. The summed E-state index contributed by atoms with van der Waals surface area (Å²) >= 11 is 0. The second kappa shape index (κ2) is 13.1. The van der Waals surface area contributed by atoms with E-state index in [0.29, 0.717) is 17.9 Å². The van der Waals surface area contributed by atoms with Crippen LogP contribution < -0.4 is 14.4 Å². The first-order valence-corrected chi connectivity index (χ1v) is 14.0. The minimum absolute atomic E-state index is 0.0722. The molecule has 0 aromatic heterocycles. The van der Waals surface area contributed by atoms with Crippen LogP contribution in [0.1, 0.15) is 32.8 Å². The van der Waals surface area contributed by atoms with Crippen molar-refractivity contribution >= 4 is 27.5 Å². The van der Waals surface area contributed by atoms with Crippen LogP contribution in [-0.2, 0) is 26.2 Å². The van der Waals surface area contributed by atoms with Crippen molar-refractivity contribution in [1.82, 2.24) is 10.2 Å². The highest BCUT2D eigenvalue weighted by Crippen LogP contribution is 2.25. The number of sulfonamides is 1. The van der Waals surface area contributed by atoms with E-state index < -0.39 is 28.5 Å². The zero-order chi connectivity index (χ0) is 27.7. The normalized spacial score (nSPS) is 12.0. The second-order valence-electron chi connectivity index (χ2n) is 9.12. The highest BCUT2D eigenvalue weighted by molar-refractivity contribution is 7.92. The molecule has 0 unspecified atom stereocenters. The lowest BCUT2D eigenvalue weighted by atomic mass is 10.1. The van der Waals surface area contributed by atoms with Gasteiger partial charge >= 0.3 is 0 Å². The van der Waals surface area contributed by atoms with Crippen LogP contribution in [0.3, 0.4) is 0 Å². The molecule has 2 amide bonds. The summed E-state index contributed by atoms with van der Waals surface area (Å²) in [5.41, 5.74) is 1.14. The van der Waals surface area contributed by atoms with E-state index in [9.17, 15) is 18.0 Å². The number of amides is 2. The molecule has 0 fully saturated rings. The molecular formula is C29H35N3O5S. The van der Waals surface area contributed by atoms with Gasteiger partial charge < -0.3 is 15.0 Å². The van der Waals surface area contributed by atoms with Gasteiger partial charge in [0.1, 0.15) is 18.3 Å². The molecule has 3 aromatic carbocycles. The predicted molar refractivity (Wildman–Crippen MR) is 148 cm³/mol. The Morgan fingerprint density at radius 2 is 1.47 bits per heavy atom. The van der Waals surface area contributed by atoms with Gasteiger partial charge in [-0.2, -0.15) is 0 Å². The fourth-order valence-corrected chi connectivity index (χ4v) is 5.51. The van der Waals surface area contributed by atoms with Gasteiger partial charge in [0, 0.05) is 12.6 Å². The van der Waals surface area contributed by atoms with Crippen LogP contribution in [0.5, 0.6) is 5.75 Å². The number of nitrogens with zero attached hydrogens (tertiary/aromatic N) is 2. The summed E-state index contributed by atoms with van der Waals surface area (Å²) in [6.45, 7) is 5.19. The Kier molecular flexibility index (Phi) is 9.90. The molecule has 3 aromatic rings. The Morgan fingerprint density at radius 3 is 2.00 bits per heavy atom. The Labute approximate surface area is 225 Å². The summed E-state index contributed by atoms with van der Waals surface area (Å²) in [6.07, 6.45) is 0.358. The Morgan fingerprint density at radius 1 is 0.895 bits per heavy atom. The van der Waals surface area contributed by atoms with E-state index in [1.807, 2.05) is 32.9 Å². The van der Waals surface area contributed by atoms with Crippen molar-refractivity contribution in [1.29, 1.82) is 0 Å². The maximum Gasteiger partial charge on any atom is 0.264 e. The van der Waals surface area contributed by atoms with Gasteiger partial charge in [-0.3, -0.25) is 13.9 Å².